The van der Waals surface area contributed by atoms with Crippen LogP contribution in [0.15, 0.2) is 72.8 Å². The molecule has 5 aromatic carbocycles. The Bertz CT molecular complexity index is 1080. The van der Waals surface area contributed by atoms with Crippen LogP contribution in [0.5, 0.6) is 0 Å². The fourth-order valence-electron chi connectivity index (χ4n) is 3.71. The molecule has 0 fully saturated rings. The summed E-state index contributed by atoms with van der Waals surface area (Å²) in [7, 11) is 0. The van der Waals surface area contributed by atoms with Gasteiger partial charge in [-0.3, -0.25) is 0 Å². The first-order valence-corrected chi connectivity index (χ1v) is 9.49. The van der Waals surface area contributed by atoms with Crippen molar-refractivity contribution in [3.8, 4) is 0 Å². The third-order valence-corrected chi connectivity index (χ3v) is 5.35. The van der Waals surface area contributed by atoms with E-state index in [0.29, 0.717) is 0 Å². The molecule has 0 atom stereocenters. The Labute approximate surface area is 171 Å². The predicted octanol–water partition coefficient (Wildman–Crippen LogP) is 8.01. The van der Waals surface area contributed by atoms with Gasteiger partial charge in [-0.05, 0) is 46.2 Å². The van der Waals surface area contributed by atoms with Crippen LogP contribution in [0, 0.1) is 37.1 Å². The van der Waals surface area contributed by atoms with E-state index in [0.717, 1.165) is 13.8 Å². The summed E-state index contributed by atoms with van der Waals surface area (Å²) in [4.78, 5) is 0. The van der Waals surface area contributed by atoms with Gasteiger partial charge in [0, 0.05) is 11.1 Å². The van der Waals surface area contributed by atoms with Crippen molar-refractivity contribution in [2.24, 2.45) is 0 Å². The van der Waals surface area contributed by atoms with Crippen LogP contribution < -0.4 is 0 Å². The van der Waals surface area contributed by atoms with Crippen molar-refractivity contribution in [1.82, 2.24) is 0 Å². The van der Waals surface area contributed by atoms with E-state index in [2.05, 4.69) is 72.8 Å². The van der Waals surface area contributed by atoms with E-state index in [1.54, 1.807) is 0 Å². The lowest BCUT2D eigenvalue weighted by molar-refractivity contribution is 0.436. The highest BCUT2D eigenvalue weighted by Gasteiger charge is 2.19. The average Bonchev–Trinajstić information content (AvgIpc) is 2.81. The second-order valence-electron chi connectivity index (χ2n) is 7.14. The predicted molar refractivity (Wildman–Crippen MR) is 115 cm³/mol. The zero-order chi connectivity index (χ0) is 21.4. The van der Waals surface area contributed by atoms with E-state index >= 15 is 0 Å². The van der Waals surface area contributed by atoms with Crippen molar-refractivity contribution in [2.75, 3.05) is 0 Å². The number of benzene rings is 5. The van der Waals surface area contributed by atoms with Crippen molar-refractivity contribution in [3.05, 3.63) is 107 Å². The van der Waals surface area contributed by atoms with Crippen LogP contribution in [0.25, 0.3) is 32.3 Å². The average molecular weight is 406 g/mol. The molecule has 0 aromatic heterocycles. The van der Waals surface area contributed by atoms with Crippen LogP contribution in [0.3, 0.4) is 0 Å². The maximum absolute atomic E-state index is 12.7. The highest BCUT2D eigenvalue weighted by molar-refractivity contribution is 6.25. The molecule has 0 spiro atoms. The smallest absolute Gasteiger partial charge is 0.165 e. The molecule has 0 saturated heterocycles. The lowest BCUT2D eigenvalue weighted by Crippen LogP contribution is -2.02. The third kappa shape index (κ3) is 3.18. The van der Waals surface area contributed by atoms with Gasteiger partial charge in [-0.15, -0.1) is 0 Å². The molecule has 0 amide bonds. The SMILES string of the molecule is Cc1c(F)c(F)c(C)c(F)c1F.c1ccc2c(c1)c1ccccc1c1ccccc21. The van der Waals surface area contributed by atoms with E-state index in [1.807, 2.05) is 0 Å². The summed E-state index contributed by atoms with van der Waals surface area (Å²) in [6, 6.07) is 26.0. The fourth-order valence-corrected chi connectivity index (χ4v) is 3.71. The molecule has 5 aromatic rings. The molecule has 30 heavy (non-hydrogen) atoms. The highest BCUT2D eigenvalue weighted by atomic mass is 19.2. The number of halogens is 4. The molecular weight excluding hydrogens is 388 g/mol. The standard InChI is InChI=1S/C18H12.C8H6F4/c1-2-8-14-13(7-1)15-9-3-4-11-17(15)18-12-6-5-10-16(14)18;1-3-5(9)7(11)4(2)8(12)6(3)10/h1-12H;1-2H3. The summed E-state index contributed by atoms with van der Waals surface area (Å²) in [5.41, 5.74) is -1.26. The summed E-state index contributed by atoms with van der Waals surface area (Å²) in [6.45, 7) is 1.96. The van der Waals surface area contributed by atoms with E-state index in [9.17, 15) is 17.6 Å². The van der Waals surface area contributed by atoms with Crippen LogP contribution in [-0.2, 0) is 0 Å². The normalized spacial score (nSPS) is 11.0. The molecule has 0 aliphatic carbocycles. The maximum Gasteiger partial charge on any atom is 0.165 e. The summed E-state index contributed by atoms with van der Waals surface area (Å²) >= 11 is 0. The van der Waals surface area contributed by atoms with Crippen molar-refractivity contribution >= 4 is 32.3 Å². The molecule has 5 rings (SSSR count). The second-order valence-corrected chi connectivity index (χ2v) is 7.14. The molecule has 0 radical (unpaired) electrons. The molecule has 0 unspecified atom stereocenters. The van der Waals surface area contributed by atoms with Crippen LogP contribution >= 0.6 is 0 Å². The van der Waals surface area contributed by atoms with Gasteiger partial charge in [0.05, 0.1) is 0 Å². The fraction of sp³-hybridized carbons (Fsp3) is 0.0769. The first-order valence-electron chi connectivity index (χ1n) is 9.49. The first kappa shape index (κ1) is 19.9. The summed E-state index contributed by atoms with van der Waals surface area (Å²) in [6.07, 6.45) is 0. The molecule has 0 bridgehead atoms. The van der Waals surface area contributed by atoms with Gasteiger partial charge in [0.2, 0.25) is 0 Å². The lowest BCUT2D eigenvalue weighted by atomic mass is 9.95. The molecule has 150 valence electrons. The summed E-state index contributed by atoms with van der Waals surface area (Å²) in [5.74, 6) is -5.31. The van der Waals surface area contributed by atoms with E-state index in [-0.39, 0.29) is 0 Å². The van der Waals surface area contributed by atoms with Gasteiger partial charge in [-0.25, -0.2) is 17.6 Å². The minimum atomic E-state index is -1.33. The minimum Gasteiger partial charge on any atom is -0.203 e. The van der Waals surface area contributed by atoms with E-state index < -0.39 is 34.4 Å². The highest BCUT2D eigenvalue weighted by Crippen LogP contribution is 2.34. The Morgan fingerprint density at radius 1 is 0.367 bits per heavy atom. The molecule has 0 aliphatic rings. The lowest BCUT2D eigenvalue weighted by Gasteiger charge is -2.09. The number of hydrogen-bond donors (Lipinski definition) is 0. The van der Waals surface area contributed by atoms with Gasteiger partial charge in [-0.2, -0.15) is 0 Å². The molecule has 0 N–H and O–H groups in total. The van der Waals surface area contributed by atoms with Crippen molar-refractivity contribution in [2.45, 2.75) is 13.8 Å². The molecule has 0 aliphatic heterocycles. The molecule has 0 nitrogen and oxygen atoms in total. The van der Waals surface area contributed by atoms with Crippen molar-refractivity contribution in [1.29, 1.82) is 0 Å². The summed E-state index contributed by atoms with van der Waals surface area (Å²) < 4.78 is 50.6. The maximum atomic E-state index is 12.7. The molecule has 0 heterocycles. The van der Waals surface area contributed by atoms with Gasteiger partial charge >= 0.3 is 0 Å². The monoisotopic (exact) mass is 406 g/mol. The van der Waals surface area contributed by atoms with Gasteiger partial charge < -0.3 is 0 Å². The first-order chi connectivity index (χ1) is 14.4. The van der Waals surface area contributed by atoms with Crippen LogP contribution in [0.4, 0.5) is 17.6 Å². The van der Waals surface area contributed by atoms with E-state index in [4.69, 9.17) is 0 Å². The Balaban J connectivity index is 0.000000159. The topological polar surface area (TPSA) is 0 Å². The number of fused-ring (bicyclic) bond motifs is 6. The Hall–Kier alpha value is -3.40. The quantitative estimate of drug-likeness (QED) is 0.139. The molecule has 0 saturated carbocycles. The van der Waals surface area contributed by atoms with Crippen LogP contribution in [0.1, 0.15) is 11.1 Å². The number of rotatable bonds is 0. The van der Waals surface area contributed by atoms with Crippen LogP contribution in [-0.4, -0.2) is 0 Å². The van der Waals surface area contributed by atoms with Gasteiger partial charge in [0.15, 0.2) is 23.3 Å². The third-order valence-electron chi connectivity index (χ3n) is 5.35. The zero-order valence-corrected chi connectivity index (χ0v) is 16.4. The van der Waals surface area contributed by atoms with E-state index in [1.165, 1.54) is 32.3 Å². The zero-order valence-electron chi connectivity index (χ0n) is 16.4. The van der Waals surface area contributed by atoms with Crippen molar-refractivity contribution in [3.63, 3.8) is 0 Å². The van der Waals surface area contributed by atoms with Gasteiger partial charge in [-0.1, -0.05) is 72.8 Å². The van der Waals surface area contributed by atoms with Crippen LogP contribution in [0.2, 0.25) is 0 Å². The molecule has 4 heteroatoms. The Kier molecular flexibility index (Phi) is 5.17. The van der Waals surface area contributed by atoms with Crippen molar-refractivity contribution < 1.29 is 17.6 Å². The minimum absolute atomic E-state index is 0.629. The van der Waals surface area contributed by atoms with Gasteiger partial charge in [0.25, 0.3) is 0 Å². The van der Waals surface area contributed by atoms with Gasteiger partial charge in [0.1, 0.15) is 0 Å². The largest absolute Gasteiger partial charge is 0.203 e. The molecular formula is C26H18F4. The number of hydrogen-bond acceptors (Lipinski definition) is 0. The second kappa shape index (κ2) is 7.79. The summed E-state index contributed by atoms with van der Waals surface area (Å²) in [5, 5.41) is 8.04. The Morgan fingerprint density at radius 2 is 0.533 bits per heavy atom. The Morgan fingerprint density at radius 3 is 0.700 bits per heavy atom.